The molecule has 3 unspecified atom stereocenters. The minimum atomic E-state index is -0.00505. The first-order valence-corrected chi connectivity index (χ1v) is 6.15. The number of rotatable bonds is 1. The Bertz CT molecular complexity index is 303. The molecule has 2 amide bonds. The molecule has 0 radical (unpaired) electrons. The van der Waals surface area contributed by atoms with Crippen molar-refractivity contribution in [2.24, 2.45) is 11.8 Å². The van der Waals surface area contributed by atoms with E-state index in [1.54, 1.807) is 0 Å². The maximum atomic E-state index is 11.9. The molecule has 1 N–H and O–H groups in total. The second kappa shape index (κ2) is 4.44. The molecule has 3 atom stereocenters. The van der Waals surface area contributed by atoms with Gasteiger partial charge in [0.15, 0.2) is 0 Å². The highest BCUT2D eigenvalue weighted by Gasteiger charge is 2.36. The predicted molar refractivity (Wildman–Crippen MR) is 60.7 cm³/mol. The van der Waals surface area contributed by atoms with Gasteiger partial charge in [-0.05, 0) is 24.7 Å². The summed E-state index contributed by atoms with van der Waals surface area (Å²) in [4.78, 5) is 25.1. The van der Waals surface area contributed by atoms with Crippen molar-refractivity contribution in [3.05, 3.63) is 0 Å². The number of carbonyl (C=O) groups excluding carboxylic acids is 2. The summed E-state index contributed by atoms with van der Waals surface area (Å²) in [5, 5.41) is 2.64. The van der Waals surface area contributed by atoms with Crippen LogP contribution in [-0.4, -0.2) is 35.8 Å². The van der Waals surface area contributed by atoms with E-state index in [0.717, 1.165) is 6.42 Å². The maximum absolute atomic E-state index is 11.9. The fourth-order valence-electron chi connectivity index (χ4n) is 2.84. The van der Waals surface area contributed by atoms with Crippen LogP contribution >= 0.6 is 0 Å². The van der Waals surface area contributed by atoms with E-state index in [2.05, 4.69) is 19.2 Å². The van der Waals surface area contributed by atoms with Crippen molar-refractivity contribution < 1.29 is 9.59 Å². The van der Waals surface area contributed by atoms with Crippen LogP contribution in [0.2, 0.25) is 0 Å². The van der Waals surface area contributed by atoms with E-state index >= 15 is 0 Å². The lowest BCUT2D eigenvalue weighted by Gasteiger charge is -2.31. The van der Waals surface area contributed by atoms with E-state index < -0.39 is 0 Å². The summed E-state index contributed by atoms with van der Waals surface area (Å²) in [7, 11) is 0. The van der Waals surface area contributed by atoms with Gasteiger partial charge in [-0.2, -0.15) is 0 Å². The summed E-state index contributed by atoms with van der Waals surface area (Å²) in [5.41, 5.74) is 0. The summed E-state index contributed by atoms with van der Waals surface area (Å²) in [6.45, 7) is 5.23. The Balaban J connectivity index is 2.07. The first-order chi connectivity index (χ1) is 7.59. The van der Waals surface area contributed by atoms with E-state index in [0.29, 0.717) is 30.8 Å². The molecule has 0 spiro atoms. The molecule has 1 saturated carbocycles. The fourth-order valence-corrected chi connectivity index (χ4v) is 2.84. The van der Waals surface area contributed by atoms with Crippen molar-refractivity contribution in [1.82, 2.24) is 10.2 Å². The van der Waals surface area contributed by atoms with Crippen LogP contribution in [0.1, 0.15) is 33.1 Å². The van der Waals surface area contributed by atoms with Gasteiger partial charge in [-0.3, -0.25) is 9.59 Å². The summed E-state index contributed by atoms with van der Waals surface area (Å²) < 4.78 is 0. The van der Waals surface area contributed by atoms with Crippen LogP contribution in [0.5, 0.6) is 0 Å². The molecular formula is C12H20N2O2. The molecule has 2 aliphatic rings. The normalized spacial score (nSPS) is 36.1. The average Bonchev–Trinajstić information content (AvgIpc) is 2.48. The lowest BCUT2D eigenvalue weighted by molar-refractivity contribution is -0.132. The lowest BCUT2D eigenvalue weighted by Crippen LogP contribution is -2.44. The first-order valence-electron chi connectivity index (χ1n) is 6.15. The zero-order valence-electron chi connectivity index (χ0n) is 10.0. The third-order valence-electron chi connectivity index (χ3n) is 4.16. The molecule has 4 nitrogen and oxygen atoms in total. The van der Waals surface area contributed by atoms with Crippen molar-refractivity contribution in [3.8, 4) is 0 Å². The molecule has 4 heteroatoms. The fraction of sp³-hybridized carbons (Fsp3) is 0.833. The Morgan fingerprint density at radius 2 is 2.00 bits per heavy atom. The van der Waals surface area contributed by atoms with Crippen molar-refractivity contribution in [3.63, 3.8) is 0 Å². The molecule has 2 fully saturated rings. The number of nitrogens with one attached hydrogen (secondary N) is 1. The molecule has 1 saturated heterocycles. The Hall–Kier alpha value is -1.06. The van der Waals surface area contributed by atoms with Gasteiger partial charge in [0.05, 0.1) is 6.54 Å². The molecule has 90 valence electrons. The molecule has 1 aliphatic heterocycles. The minimum Gasteiger partial charge on any atom is -0.347 e. The van der Waals surface area contributed by atoms with Gasteiger partial charge in [-0.15, -0.1) is 0 Å². The van der Waals surface area contributed by atoms with Crippen LogP contribution in [0.15, 0.2) is 0 Å². The highest BCUT2D eigenvalue weighted by Crippen LogP contribution is 2.34. The van der Waals surface area contributed by atoms with E-state index in [9.17, 15) is 9.59 Å². The number of nitrogens with zero attached hydrogens (tertiary/aromatic N) is 1. The Labute approximate surface area is 96.4 Å². The quantitative estimate of drug-likeness (QED) is 0.715. The average molecular weight is 224 g/mol. The number of hydrogen-bond donors (Lipinski definition) is 1. The molecule has 1 aliphatic carbocycles. The van der Waals surface area contributed by atoms with Gasteiger partial charge in [-0.1, -0.05) is 13.8 Å². The molecule has 0 aromatic rings. The van der Waals surface area contributed by atoms with Crippen LogP contribution in [0.25, 0.3) is 0 Å². The van der Waals surface area contributed by atoms with Gasteiger partial charge in [-0.25, -0.2) is 0 Å². The van der Waals surface area contributed by atoms with E-state index in [4.69, 9.17) is 0 Å². The Morgan fingerprint density at radius 3 is 2.62 bits per heavy atom. The van der Waals surface area contributed by atoms with Crippen LogP contribution in [0.4, 0.5) is 0 Å². The van der Waals surface area contributed by atoms with Crippen LogP contribution < -0.4 is 5.32 Å². The highest BCUT2D eigenvalue weighted by molar-refractivity contribution is 5.87. The lowest BCUT2D eigenvalue weighted by atomic mass is 9.96. The van der Waals surface area contributed by atoms with Gasteiger partial charge in [0, 0.05) is 19.0 Å². The molecule has 2 rings (SSSR count). The first kappa shape index (κ1) is 11.4. The van der Waals surface area contributed by atoms with Crippen LogP contribution in [0.3, 0.4) is 0 Å². The van der Waals surface area contributed by atoms with Crippen molar-refractivity contribution in [1.29, 1.82) is 0 Å². The second-order valence-electron chi connectivity index (χ2n) is 5.09. The van der Waals surface area contributed by atoms with E-state index in [-0.39, 0.29) is 18.4 Å². The number of amides is 2. The summed E-state index contributed by atoms with van der Waals surface area (Å²) in [5.74, 6) is 1.31. The molecule has 1 heterocycles. The largest absolute Gasteiger partial charge is 0.347 e. The Morgan fingerprint density at radius 1 is 1.25 bits per heavy atom. The van der Waals surface area contributed by atoms with Crippen molar-refractivity contribution in [2.45, 2.75) is 39.2 Å². The Kier molecular flexibility index (Phi) is 3.17. The summed E-state index contributed by atoms with van der Waals surface area (Å²) in [6.07, 6.45) is 2.72. The second-order valence-corrected chi connectivity index (χ2v) is 5.09. The molecule has 0 bridgehead atoms. The van der Waals surface area contributed by atoms with Crippen LogP contribution in [-0.2, 0) is 9.59 Å². The van der Waals surface area contributed by atoms with Crippen LogP contribution in [0, 0.1) is 11.8 Å². The minimum absolute atomic E-state index is 0.00505. The maximum Gasteiger partial charge on any atom is 0.242 e. The summed E-state index contributed by atoms with van der Waals surface area (Å²) >= 11 is 0. The van der Waals surface area contributed by atoms with E-state index in [1.165, 1.54) is 6.42 Å². The SMILES string of the molecule is CC1CCC(N2CCC(=O)NCC2=O)C1C. The topological polar surface area (TPSA) is 49.4 Å². The molecule has 0 aromatic heterocycles. The zero-order chi connectivity index (χ0) is 11.7. The van der Waals surface area contributed by atoms with Gasteiger partial charge in [0.2, 0.25) is 11.8 Å². The standard InChI is InChI=1S/C12H20N2O2/c1-8-3-4-10(9(8)2)14-6-5-11(15)13-7-12(14)16/h8-10H,3-7H2,1-2H3,(H,13,15). The zero-order valence-corrected chi connectivity index (χ0v) is 10.0. The predicted octanol–water partition coefficient (Wildman–Crippen LogP) is 0.770. The smallest absolute Gasteiger partial charge is 0.242 e. The molecular weight excluding hydrogens is 204 g/mol. The van der Waals surface area contributed by atoms with Crippen molar-refractivity contribution >= 4 is 11.8 Å². The molecule has 16 heavy (non-hydrogen) atoms. The third kappa shape index (κ3) is 2.06. The summed E-state index contributed by atoms with van der Waals surface area (Å²) in [6, 6.07) is 0.343. The van der Waals surface area contributed by atoms with Gasteiger partial charge in [0.25, 0.3) is 0 Å². The van der Waals surface area contributed by atoms with Gasteiger partial charge >= 0.3 is 0 Å². The van der Waals surface area contributed by atoms with E-state index in [1.807, 2.05) is 4.90 Å². The van der Waals surface area contributed by atoms with Gasteiger partial charge in [0.1, 0.15) is 0 Å². The third-order valence-corrected chi connectivity index (χ3v) is 4.16. The highest BCUT2D eigenvalue weighted by atomic mass is 16.2. The van der Waals surface area contributed by atoms with Crippen molar-refractivity contribution in [2.75, 3.05) is 13.1 Å². The monoisotopic (exact) mass is 224 g/mol. The number of hydrogen-bond acceptors (Lipinski definition) is 2. The molecule has 0 aromatic carbocycles. The number of carbonyl (C=O) groups is 2. The van der Waals surface area contributed by atoms with Gasteiger partial charge < -0.3 is 10.2 Å².